The van der Waals surface area contributed by atoms with Crippen LogP contribution in [0.3, 0.4) is 0 Å². The number of hydrogen-bond donors (Lipinski definition) is 0. The molecule has 0 aromatic heterocycles. The van der Waals surface area contributed by atoms with E-state index in [9.17, 15) is 9.59 Å². The number of isocyanates is 2. The molecule has 4 heteroatoms. The third-order valence-electron chi connectivity index (χ3n) is 4.53. The summed E-state index contributed by atoms with van der Waals surface area (Å²) >= 11 is 0. The minimum absolute atomic E-state index is 0.0630. The Morgan fingerprint density at radius 2 is 1.00 bits per heavy atom. The van der Waals surface area contributed by atoms with Gasteiger partial charge in [0.1, 0.15) is 0 Å². The monoisotopic (exact) mass is 334 g/mol. The Labute approximate surface area is 148 Å². The first-order valence-electron chi connectivity index (χ1n) is 8.15. The van der Waals surface area contributed by atoms with Crippen molar-refractivity contribution in [2.75, 3.05) is 0 Å². The number of hydrogen-bond acceptors (Lipinski definition) is 4. The quantitative estimate of drug-likeness (QED) is 0.534. The summed E-state index contributed by atoms with van der Waals surface area (Å²) in [7, 11) is 0. The molecule has 0 N–H and O–H groups in total. The van der Waals surface area contributed by atoms with Crippen molar-refractivity contribution in [2.45, 2.75) is 44.9 Å². The molecule has 0 unspecified atom stereocenters. The maximum Gasteiger partial charge on any atom is 0.240 e. The van der Waals surface area contributed by atoms with E-state index in [-0.39, 0.29) is 10.8 Å². The van der Waals surface area contributed by atoms with Gasteiger partial charge in [0.05, 0.1) is 11.4 Å². The van der Waals surface area contributed by atoms with E-state index < -0.39 is 0 Å². The zero-order valence-electron chi connectivity index (χ0n) is 15.0. The number of rotatable bonds is 6. The highest BCUT2D eigenvalue weighted by molar-refractivity contribution is 5.51. The van der Waals surface area contributed by atoms with E-state index in [0.717, 1.165) is 6.42 Å². The van der Waals surface area contributed by atoms with E-state index in [1.165, 1.54) is 11.1 Å². The van der Waals surface area contributed by atoms with Crippen LogP contribution in [-0.2, 0) is 20.4 Å². The maximum atomic E-state index is 10.3. The summed E-state index contributed by atoms with van der Waals surface area (Å²) in [6, 6.07) is 15.4. The van der Waals surface area contributed by atoms with Gasteiger partial charge in [-0.05, 0) is 52.6 Å². The number of aliphatic imine (C=N–C) groups is 2. The van der Waals surface area contributed by atoms with Crippen LogP contribution < -0.4 is 0 Å². The van der Waals surface area contributed by atoms with Crippen LogP contribution in [-0.4, -0.2) is 12.2 Å². The van der Waals surface area contributed by atoms with Crippen molar-refractivity contribution in [3.05, 3.63) is 59.7 Å². The highest BCUT2D eigenvalue weighted by Gasteiger charge is 2.31. The highest BCUT2D eigenvalue weighted by atomic mass is 16.1. The maximum absolute atomic E-state index is 10.3. The summed E-state index contributed by atoms with van der Waals surface area (Å²) in [5, 5.41) is 0. The zero-order chi connectivity index (χ0) is 18.5. The SMILES string of the molecule is CC(C)(CC(C)(C)c1ccc(N=C=O)cc1)c1ccc(N=C=O)cc1. The van der Waals surface area contributed by atoms with Crippen molar-refractivity contribution in [2.24, 2.45) is 9.98 Å². The summed E-state index contributed by atoms with van der Waals surface area (Å²) in [5.74, 6) is 0. The van der Waals surface area contributed by atoms with E-state index in [1.807, 2.05) is 48.5 Å². The van der Waals surface area contributed by atoms with Gasteiger partial charge in [0.2, 0.25) is 12.2 Å². The molecule has 0 saturated carbocycles. The number of carbonyl (C=O) groups excluding carboxylic acids is 2. The normalized spacial score (nSPS) is 11.4. The molecule has 2 rings (SSSR count). The highest BCUT2D eigenvalue weighted by Crippen LogP contribution is 2.39. The van der Waals surface area contributed by atoms with E-state index in [0.29, 0.717) is 11.4 Å². The fourth-order valence-corrected chi connectivity index (χ4v) is 3.39. The second kappa shape index (κ2) is 7.40. The molecule has 0 spiro atoms. The van der Waals surface area contributed by atoms with Gasteiger partial charge in [-0.1, -0.05) is 52.0 Å². The van der Waals surface area contributed by atoms with Crippen molar-refractivity contribution in [3.63, 3.8) is 0 Å². The summed E-state index contributed by atoms with van der Waals surface area (Å²) in [6.07, 6.45) is 4.04. The lowest BCUT2D eigenvalue weighted by Gasteiger charge is -2.36. The molecule has 0 saturated heterocycles. The second-order valence-corrected chi connectivity index (χ2v) is 7.44. The summed E-state index contributed by atoms with van der Waals surface area (Å²) < 4.78 is 0. The van der Waals surface area contributed by atoms with Gasteiger partial charge >= 0.3 is 0 Å². The smallest absolute Gasteiger partial charge is 0.211 e. The predicted octanol–water partition coefficient (Wildman–Crippen LogP) is 5.27. The van der Waals surface area contributed by atoms with Crippen molar-refractivity contribution in [3.8, 4) is 0 Å². The molecule has 2 aromatic rings. The first kappa shape index (κ1) is 18.5. The minimum Gasteiger partial charge on any atom is -0.211 e. The molecule has 0 bridgehead atoms. The van der Waals surface area contributed by atoms with Crippen molar-refractivity contribution >= 4 is 23.5 Å². The van der Waals surface area contributed by atoms with Crippen molar-refractivity contribution in [1.29, 1.82) is 0 Å². The van der Waals surface area contributed by atoms with Crippen LogP contribution in [0.5, 0.6) is 0 Å². The van der Waals surface area contributed by atoms with Gasteiger partial charge in [-0.2, -0.15) is 9.98 Å². The third kappa shape index (κ3) is 4.60. The van der Waals surface area contributed by atoms with Crippen LogP contribution in [0.2, 0.25) is 0 Å². The average molecular weight is 334 g/mol. The molecule has 0 aliphatic heterocycles. The summed E-state index contributed by atoms with van der Waals surface area (Å²) in [6.45, 7) is 8.82. The molecule has 0 aliphatic carbocycles. The largest absolute Gasteiger partial charge is 0.240 e. The van der Waals surface area contributed by atoms with Crippen LogP contribution in [0.1, 0.15) is 45.2 Å². The molecule has 25 heavy (non-hydrogen) atoms. The Kier molecular flexibility index (Phi) is 5.48. The van der Waals surface area contributed by atoms with Gasteiger partial charge in [0, 0.05) is 0 Å². The standard InChI is InChI=1S/C21H22N2O2/c1-20(2,16-5-9-18(10-6-16)22-14-24)13-21(3,4)17-7-11-19(12-8-17)23-15-25/h5-12H,13H2,1-4H3. The van der Waals surface area contributed by atoms with E-state index in [2.05, 4.69) is 37.7 Å². The Hall–Kier alpha value is -2.80. The van der Waals surface area contributed by atoms with Gasteiger partial charge in [0.25, 0.3) is 0 Å². The fraction of sp³-hybridized carbons (Fsp3) is 0.333. The first-order chi connectivity index (χ1) is 11.8. The molecule has 0 atom stereocenters. The second-order valence-electron chi connectivity index (χ2n) is 7.44. The Morgan fingerprint density at radius 3 is 1.28 bits per heavy atom. The fourth-order valence-electron chi connectivity index (χ4n) is 3.39. The number of nitrogens with zero attached hydrogens (tertiary/aromatic N) is 2. The lowest BCUT2D eigenvalue weighted by molar-refractivity contribution is 0.349. The minimum atomic E-state index is -0.0630. The first-order valence-corrected chi connectivity index (χ1v) is 8.15. The van der Waals surface area contributed by atoms with Gasteiger partial charge in [-0.3, -0.25) is 0 Å². The molecule has 4 nitrogen and oxygen atoms in total. The van der Waals surface area contributed by atoms with Crippen LogP contribution in [0.25, 0.3) is 0 Å². The Morgan fingerprint density at radius 1 is 0.680 bits per heavy atom. The van der Waals surface area contributed by atoms with E-state index in [4.69, 9.17) is 0 Å². The summed E-state index contributed by atoms with van der Waals surface area (Å²) in [4.78, 5) is 28.0. The lowest BCUT2D eigenvalue weighted by Crippen LogP contribution is -2.29. The molecular formula is C21H22N2O2. The molecule has 0 radical (unpaired) electrons. The van der Waals surface area contributed by atoms with E-state index >= 15 is 0 Å². The van der Waals surface area contributed by atoms with Crippen LogP contribution in [0, 0.1) is 0 Å². The molecule has 0 heterocycles. The molecular weight excluding hydrogens is 312 g/mol. The van der Waals surface area contributed by atoms with Gasteiger partial charge < -0.3 is 0 Å². The van der Waals surface area contributed by atoms with Gasteiger partial charge in [-0.15, -0.1) is 0 Å². The van der Waals surface area contributed by atoms with Crippen molar-refractivity contribution in [1.82, 2.24) is 0 Å². The van der Waals surface area contributed by atoms with Crippen LogP contribution >= 0.6 is 0 Å². The topological polar surface area (TPSA) is 58.9 Å². The predicted molar refractivity (Wildman–Crippen MR) is 99.1 cm³/mol. The molecule has 128 valence electrons. The third-order valence-corrected chi connectivity index (χ3v) is 4.53. The zero-order valence-corrected chi connectivity index (χ0v) is 15.0. The number of benzene rings is 2. The van der Waals surface area contributed by atoms with Crippen LogP contribution in [0.15, 0.2) is 58.5 Å². The van der Waals surface area contributed by atoms with E-state index in [1.54, 1.807) is 12.2 Å². The Balaban J connectivity index is 2.24. The van der Waals surface area contributed by atoms with Gasteiger partial charge in [-0.25, -0.2) is 9.59 Å². The molecule has 0 aliphatic rings. The molecule has 0 amide bonds. The molecule has 2 aromatic carbocycles. The Bertz CT molecular complexity index is 750. The van der Waals surface area contributed by atoms with Gasteiger partial charge in [0.15, 0.2) is 0 Å². The van der Waals surface area contributed by atoms with Crippen molar-refractivity contribution < 1.29 is 9.59 Å². The summed E-state index contributed by atoms with van der Waals surface area (Å²) in [5.41, 5.74) is 3.47. The van der Waals surface area contributed by atoms with Crippen LogP contribution in [0.4, 0.5) is 11.4 Å². The average Bonchev–Trinajstić information content (AvgIpc) is 2.55. The lowest BCUT2D eigenvalue weighted by atomic mass is 9.68. The molecule has 0 fully saturated rings.